The van der Waals surface area contributed by atoms with Gasteiger partial charge in [0, 0.05) is 25.5 Å². The van der Waals surface area contributed by atoms with E-state index in [4.69, 9.17) is 82.1 Å². The predicted octanol–water partition coefficient (Wildman–Crippen LogP) is 6.24. The van der Waals surface area contributed by atoms with Crippen molar-refractivity contribution in [2.45, 2.75) is 56.6 Å². The van der Waals surface area contributed by atoms with Gasteiger partial charge >= 0.3 is 35.8 Å². The number of aromatic carboxylic acids is 1. The van der Waals surface area contributed by atoms with Crippen molar-refractivity contribution in [3.05, 3.63) is 102 Å². The smallest absolute Gasteiger partial charge is 0.389 e. The van der Waals surface area contributed by atoms with E-state index in [9.17, 15) is 50.2 Å². The number of carbonyl (C=O) groups excluding carboxylic acids is 1. The molecule has 1 atom stereocenters. The number of carboxylic acid groups (broad SMARTS) is 2. The molecule has 2 amide bonds. The maximum atomic E-state index is 12.5. The maximum Gasteiger partial charge on any atom is 0.389 e. The molecule has 23 nitrogen and oxygen atoms in total. The number of sulfonamides is 1. The van der Waals surface area contributed by atoms with Gasteiger partial charge in [0.1, 0.15) is 37.2 Å². The van der Waals surface area contributed by atoms with Crippen molar-refractivity contribution in [3.63, 3.8) is 0 Å². The molecule has 0 saturated heterocycles. The number of aryl methyl sites for hydroxylation is 3. The van der Waals surface area contributed by atoms with Crippen LogP contribution in [-0.4, -0.2) is 129 Å². The number of anilines is 1. The van der Waals surface area contributed by atoms with E-state index in [0.717, 1.165) is 31.2 Å². The van der Waals surface area contributed by atoms with Gasteiger partial charge in [0.15, 0.2) is 5.75 Å². The lowest BCUT2D eigenvalue weighted by Gasteiger charge is -2.14. The molecule has 0 spiro atoms. The highest BCUT2D eigenvalue weighted by atomic mass is 35.5. The van der Waals surface area contributed by atoms with Crippen LogP contribution in [0.15, 0.2) is 58.2 Å². The van der Waals surface area contributed by atoms with E-state index in [2.05, 4.69) is 50.1 Å². The summed E-state index contributed by atoms with van der Waals surface area (Å²) in [5, 5.41) is 26.2. The molecule has 1 aliphatic rings. The minimum absolute atomic E-state index is 0.0715. The van der Waals surface area contributed by atoms with Crippen LogP contribution in [0.25, 0.3) is 5.69 Å². The molecule has 3 aromatic carbocycles. The quantitative estimate of drug-likeness (QED) is 0.0384. The summed E-state index contributed by atoms with van der Waals surface area (Å²) in [6.45, 7) is 1.78. The Morgan fingerprint density at radius 1 is 0.961 bits per heavy atom. The molecule has 6 rings (SSSR count). The Morgan fingerprint density at radius 2 is 1.60 bits per heavy atom. The highest BCUT2D eigenvalue weighted by molar-refractivity contribution is 7.94. The van der Waals surface area contributed by atoms with Gasteiger partial charge in [0.05, 0.1) is 76.5 Å². The van der Waals surface area contributed by atoms with Crippen molar-refractivity contribution >= 4 is 98.8 Å². The molecule has 0 bridgehead atoms. The van der Waals surface area contributed by atoms with E-state index in [1.165, 1.54) is 62.2 Å². The average Bonchev–Trinajstić information content (AvgIpc) is 3.65. The molecule has 1 unspecified atom stereocenters. The third kappa shape index (κ3) is 23.7. The molecule has 0 radical (unpaired) electrons. The number of urea groups is 1. The molecule has 1 aliphatic heterocycles. The lowest BCUT2D eigenvalue weighted by molar-refractivity contribution is -0.193. The van der Waals surface area contributed by atoms with E-state index in [1.54, 1.807) is 15.4 Å². The number of ether oxygens (including phenoxy) is 3. The number of aliphatic carboxylic acids is 1. The van der Waals surface area contributed by atoms with Crippen molar-refractivity contribution in [2.75, 3.05) is 57.7 Å². The van der Waals surface area contributed by atoms with E-state index in [1.807, 2.05) is 5.32 Å². The first-order valence-corrected chi connectivity index (χ1v) is 28.7. The molecule has 6 N–H and O–H groups in total. The molecule has 77 heavy (non-hydrogen) atoms. The number of carbonyl (C=O) groups is 3. The van der Waals surface area contributed by atoms with Crippen LogP contribution in [0.3, 0.4) is 0 Å². The first-order chi connectivity index (χ1) is 35.8. The SMILES string of the molecule is C#CCOc1cc(-n2nc3n(c2=O)CCCC3)c(Cl)cc1Cl.COc1c(Cl)ccc(Cl)c1C(=O)O.COc1nc(C)nc(NC(=O)NS(=O)(=O)c2ccccc2CCC(F)(F)F)n1.C[S+](C)C.O=C(O)CNCP(=O)([O-])O. The van der Waals surface area contributed by atoms with Crippen LogP contribution in [-0.2, 0) is 49.7 Å². The van der Waals surface area contributed by atoms with Gasteiger partial charge < -0.3 is 38.8 Å². The Labute approximate surface area is 462 Å². The number of hydrogen-bond acceptors (Lipinski definition) is 16. The Balaban J connectivity index is 0.000000366. The Hall–Kier alpha value is -5.86. The van der Waals surface area contributed by atoms with Crippen LogP contribution in [0.2, 0.25) is 20.1 Å². The molecule has 33 heteroatoms. The first-order valence-electron chi connectivity index (χ1n) is 21.5. The standard InChI is InChI=1S/C15H13Cl2N3O2.C15H16F3N5O4S.C8H6Cl2O3.C3H8NO5P.C3H9S/c1-2-7-22-13-9-12(10(16)8-11(13)17)20-15(21)19-6-4-3-5-14(19)18-20;1-9-19-12(22-14(20-9)27-2)21-13(24)23-28(25,26)11-6-4-3-5-10(11)7-8-15(16,17)18;1-13-7-5(10)3-2-4(9)6(7)8(11)12;5-3(6)1-4-2-10(7,8)9;1-4(2)3/h1,8-9H,3-7H2;3-6H,7-8H2,1-2H3,(H2,19,20,21,22,23,24);2-3H,1H3,(H,11,12);4H,1-2H2,(H,5,6)(H2,7,8,9);1-3H3/q;;;;+1/p-1. The summed E-state index contributed by atoms with van der Waals surface area (Å²) in [6.07, 6.45) is 7.65. The van der Waals surface area contributed by atoms with Gasteiger partial charge in [-0.2, -0.15) is 32.8 Å². The lowest BCUT2D eigenvalue weighted by atomic mass is 10.1. The Morgan fingerprint density at radius 3 is 2.14 bits per heavy atom. The monoisotopic (exact) mass is 1220 g/mol. The van der Waals surface area contributed by atoms with Crippen LogP contribution in [0.1, 0.15) is 46.8 Å². The van der Waals surface area contributed by atoms with Crippen LogP contribution in [0.5, 0.6) is 17.5 Å². The van der Waals surface area contributed by atoms with Crippen molar-refractivity contribution in [3.8, 4) is 35.5 Å². The number of nitrogens with zero attached hydrogens (tertiary/aromatic N) is 6. The number of hydrogen-bond donors (Lipinski definition) is 6. The number of amides is 2. The third-order valence-electron chi connectivity index (χ3n) is 8.88. The van der Waals surface area contributed by atoms with Crippen LogP contribution in [0, 0.1) is 19.3 Å². The second-order valence-electron chi connectivity index (χ2n) is 15.5. The van der Waals surface area contributed by atoms with Crippen LogP contribution < -0.4 is 40.1 Å². The van der Waals surface area contributed by atoms with E-state index >= 15 is 0 Å². The molecular weight excluding hydrogens is 1170 g/mol. The summed E-state index contributed by atoms with van der Waals surface area (Å²) in [4.78, 5) is 73.9. The van der Waals surface area contributed by atoms with Gasteiger partial charge in [-0.25, -0.2) is 27.5 Å². The lowest BCUT2D eigenvalue weighted by Crippen LogP contribution is -2.35. The number of rotatable bonds is 15. The van der Waals surface area contributed by atoms with Crippen molar-refractivity contribution in [2.24, 2.45) is 0 Å². The van der Waals surface area contributed by atoms with Crippen molar-refractivity contribution in [1.82, 2.24) is 39.3 Å². The summed E-state index contributed by atoms with van der Waals surface area (Å²) in [6, 6.07) is 9.81. The van der Waals surface area contributed by atoms with Gasteiger partial charge in [-0.1, -0.05) is 70.5 Å². The van der Waals surface area contributed by atoms with Gasteiger partial charge in [-0.05, 0) is 66.9 Å². The van der Waals surface area contributed by atoms with Gasteiger partial charge in [-0.15, -0.1) is 11.5 Å². The van der Waals surface area contributed by atoms with E-state index < -0.39 is 72.3 Å². The molecular formula is C44H51Cl4F3N9O14PS2. The normalized spacial score (nSPS) is 12.4. The zero-order chi connectivity index (χ0) is 58.4. The highest BCUT2D eigenvalue weighted by Crippen LogP contribution is 2.35. The zero-order valence-corrected chi connectivity index (χ0v) is 47.0. The van der Waals surface area contributed by atoms with Gasteiger partial charge in [0.25, 0.3) is 10.0 Å². The summed E-state index contributed by atoms with van der Waals surface area (Å²) in [5.41, 5.74) is 0.0428. The third-order valence-corrected chi connectivity index (χ3v) is 12.1. The summed E-state index contributed by atoms with van der Waals surface area (Å²) in [7, 11) is -5.51. The number of methoxy groups -OCH3 is 2. The Kier molecular flexibility index (Phi) is 27.5. The second kappa shape index (κ2) is 31.5. The number of fused-ring (bicyclic) bond motifs is 1. The fourth-order valence-corrected chi connectivity index (χ4v) is 8.42. The molecule has 0 fully saturated rings. The van der Waals surface area contributed by atoms with Crippen LogP contribution in [0.4, 0.5) is 23.9 Å². The van der Waals surface area contributed by atoms with Crippen LogP contribution >= 0.6 is 54.0 Å². The molecule has 0 aliphatic carbocycles. The molecule has 422 valence electrons. The summed E-state index contributed by atoms with van der Waals surface area (Å²) in [5.74, 6) is 1.21. The van der Waals surface area contributed by atoms with E-state index in [-0.39, 0.29) is 57.0 Å². The largest absolute Gasteiger partial charge is 0.778 e. The molecule has 0 saturated carbocycles. The zero-order valence-electron chi connectivity index (χ0n) is 41.5. The Bertz CT molecular complexity index is 3110. The number of terminal acetylenes is 1. The topological polar surface area (TPSA) is 328 Å². The predicted molar refractivity (Wildman–Crippen MR) is 282 cm³/mol. The fraction of sp³-hybridized carbons (Fsp3) is 0.364. The van der Waals surface area contributed by atoms with Crippen molar-refractivity contribution in [1.29, 1.82) is 0 Å². The van der Waals surface area contributed by atoms with E-state index in [0.29, 0.717) is 38.9 Å². The number of aromatic nitrogens is 6. The minimum Gasteiger partial charge on any atom is -0.778 e. The number of nitrogens with one attached hydrogen (secondary N) is 3. The minimum atomic E-state index is -4.45. The second-order valence-corrected chi connectivity index (χ2v) is 22.8. The summed E-state index contributed by atoms with van der Waals surface area (Å²) >= 11 is 23.6. The summed E-state index contributed by atoms with van der Waals surface area (Å²) < 4.78 is 91.9. The fourth-order valence-electron chi connectivity index (χ4n) is 5.86. The maximum absolute atomic E-state index is 12.5. The van der Waals surface area contributed by atoms with Gasteiger partial charge in [-0.3, -0.25) is 20.0 Å². The van der Waals surface area contributed by atoms with Crippen molar-refractivity contribution < 1.29 is 74.7 Å². The number of halogens is 7. The average molecular weight is 1220 g/mol. The molecule has 3 heterocycles. The van der Waals surface area contributed by atoms with Gasteiger partial charge in [0.2, 0.25) is 5.95 Å². The number of benzene rings is 3. The molecule has 2 aromatic heterocycles. The molecule has 5 aromatic rings. The highest BCUT2D eigenvalue weighted by Gasteiger charge is 2.29. The first kappa shape index (κ1) is 67.3. The number of alkyl halides is 3. The number of carboxylic acids is 2.